The number of carbonyl (C=O) groups excluding carboxylic acids is 1. The van der Waals surface area contributed by atoms with Gasteiger partial charge in [-0.05, 0) is 45.8 Å². The molecule has 2 aliphatic rings. The van der Waals surface area contributed by atoms with E-state index in [1.165, 1.54) is 6.42 Å². The summed E-state index contributed by atoms with van der Waals surface area (Å²) in [6.07, 6.45) is 7.25. The molecule has 1 saturated carbocycles. The van der Waals surface area contributed by atoms with E-state index in [4.69, 9.17) is 5.73 Å². The molecule has 0 spiro atoms. The number of aliphatic hydroxyl groups is 1. The van der Waals surface area contributed by atoms with Crippen molar-refractivity contribution >= 4 is 5.91 Å². The molecule has 0 atom stereocenters. The smallest absolute Gasteiger partial charge is 0.230 e. The van der Waals surface area contributed by atoms with Crippen LogP contribution in [0.2, 0.25) is 0 Å². The Kier molecular flexibility index (Phi) is 6.02. The van der Waals surface area contributed by atoms with Crippen LogP contribution in [0.4, 0.5) is 0 Å². The van der Waals surface area contributed by atoms with Crippen molar-refractivity contribution in [3.8, 4) is 0 Å². The summed E-state index contributed by atoms with van der Waals surface area (Å²) in [4.78, 5) is 17.4. The lowest BCUT2D eigenvalue weighted by Gasteiger charge is -2.44. The molecule has 5 heteroatoms. The van der Waals surface area contributed by atoms with E-state index in [2.05, 4.69) is 11.9 Å². The summed E-state index contributed by atoms with van der Waals surface area (Å²) in [5.41, 5.74) is 5.64. The molecule has 0 bridgehead atoms. The van der Waals surface area contributed by atoms with Gasteiger partial charge in [-0.1, -0.05) is 19.3 Å². The molecular weight excluding hydrogens is 266 g/mol. The first kappa shape index (κ1) is 16.7. The van der Waals surface area contributed by atoms with Gasteiger partial charge in [0, 0.05) is 19.1 Å². The molecule has 2 rings (SSSR count). The third kappa shape index (κ3) is 3.76. The fraction of sp³-hybridized carbons (Fsp3) is 0.938. The van der Waals surface area contributed by atoms with Crippen molar-refractivity contribution in [2.75, 3.05) is 39.8 Å². The second-order valence-corrected chi connectivity index (χ2v) is 6.80. The summed E-state index contributed by atoms with van der Waals surface area (Å²) in [6, 6.07) is 0.270. The standard InChI is InChI=1S/C16H31N3O2/c1-18-9-5-14(6-10-18)19(11-12-20)15(21)16(13-17)7-3-2-4-8-16/h14,20H,2-13,17H2,1H3. The largest absolute Gasteiger partial charge is 0.395 e. The summed E-state index contributed by atoms with van der Waals surface area (Å²) in [5, 5.41) is 9.39. The first-order valence-electron chi connectivity index (χ1n) is 8.43. The molecular formula is C16H31N3O2. The van der Waals surface area contributed by atoms with E-state index in [0.717, 1.165) is 51.6 Å². The highest BCUT2D eigenvalue weighted by Gasteiger charge is 2.42. The van der Waals surface area contributed by atoms with Gasteiger partial charge >= 0.3 is 0 Å². The molecule has 3 N–H and O–H groups in total. The van der Waals surface area contributed by atoms with Crippen LogP contribution in [0, 0.1) is 5.41 Å². The maximum Gasteiger partial charge on any atom is 0.230 e. The number of rotatable bonds is 5. The molecule has 21 heavy (non-hydrogen) atoms. The van der Waals surface area contributed by atoms with E-state index < -0.39 is 0 Å². The Bertz CT molecular complexity index is 334. The van der Waals surface area contributed by atoms with Gasteiger partial charge in [-0.25, -0.2) is 0 Å². The van der Waals surface area contributed by atoms with Crippen LogP contribution in [0.3, 0.4) is 0 Å². The summed E-state index contributed by atoms with van der Waals surface area (Å²) in [6.45, 7) is 2.99. The number of piperidine rings is 1. The van der Waals surface area contributed by atoms with E-state index in [0.29, 0.717) is 13.1 Å². The topological polar surface area (TPSA) is 69.8 Å². The van der Waals surface area contributed by atoms with Crippen molar-refractivity contribution in [2.24, 2.45) is 11.1 Å². The van der Waals surface area contributed by atoms with Crippen molar-refractivity contribution in [3.63, 3.8) is 0 Å². The van der Waals surface area contributed by atoms with Gasteiger partial charge in [-0.15, -0.1) is 0 Å². The first-order chi connectivity index (χ1) is 10.1. The second kappa shape index (κ2) is 7.56. The maximum absolute atomic E-state index is 13.1. The van der Waals surface area contributed by atoms with Gasteiger partial charge in [0.2, 0.25) is 5.91 Å². The number of carbonyl (C=O) groups is 1. The minimum atomic E-state index is -0.364. The lowest BCUT2D eigenvalue weighted by Crippen LogP contribution is -2.55. The van der Waals surface area contributed by atoms with Gasteiger partial charge in [0.05, 0.1) is 12.0 Å². The van der Waals surface area contributed by atoms with Gasteiger partial charge in [0.25, 0.3) is 0 Å². The highest BCUT2D eigenvalue weighted by molar-refractivity contribution is 5.83. The molecule has 1 amide bonds. The highest BCUT2D eigenvalue weighted by Crippen LogP contribution is 2.38. The van der Waals surface area contributed by atoms with E-state index in [1.54, 1.807) is 0 Å². The Balaban J connectivity index is 2.10. The molecule has 0 radical (unpaired) electrons. The van der Waals surface area contributed by atoms with E-state index in [9.17, 15) is 9.90 Å². The third-order valence-electron chi connectivity index (χ3n) is 5.39. The number of amides is 1. The summed E-state index contributed by atoms with van der Waals surface area (Å²) >= 11 is 0. The van der Waals surface area contributed by atoms with Crippen LogP contribution in [-0.2, 0) is 4.79 Å². The van der Waals surface area contributed by atoms with Crippen LogP contribution in [0.5, 0.6) is 0 Å². The van der Waals surface area contributed by atoms with Crippen LogP contribution in [0.15, 0.2) is 0 Å². The number of nitrogens with two attached hydrogens (primary N) is 1. The minimum Gasteiger partial charge on any atom is -0.395 e. The zero-order chi connectivity index (χ0) is 15.3. The van der Waals surface area contributed by atoms with Gasteiger partial charge in [0.1, 0.15) is 0 Å². The van der Waals surface area contributed by atoms with Gasteiger partial charge in [0.15, 0.2) is 0 Å². The zero-order valence-corrected chi connectivity index (χ0v) is 13.4. The predicted molar refractivity (Wildman–Crippen MR) is 83.9 cm³/mol. The minimum absolute atomic E-state index is 0.0404. The average Bonchev–Trinajstić information content (AvgIpc) is 2.53. The Morgan fingerprint density at radius 1 is 1.29 bits per heavy atom. The summed E-state index contributed by atoms with van der Waals surface area (Å²) < 4.78 is 0. The van der Waals surface area contributed by atoms with E-state index >= 15 is 0 Å². The number of likely N-dealkylation sites (tertiary alicyclic amines) is 1. The Hall–Kier alpha value is -0.650. The van der Waals surface area contributed by atoms with Crippen molar-refractivity contribution < 1.29 is 9.90 Å². The summed E-state index contributed by atoms with van der Waals surface area (Å²) in [5.74, 6) is 0.202. The highest BCUT2D eigenvalue weighted by atomic mass is 16.3. The summed E-state index contributed by atoms with van der Waals surface area (Å²) in [7, 11) is 2.12. The normalized spacial score (nSPS) is 24.0. The molecule has 1 saturated heterocycles. The number of nitrogens with zero attached hydrogens (tertiary/aromatic N) is 2. The lowest BCUT2D eigenvalue weighted by atomic mass is 9.72. The van der Waals surface area contributed by atoms with Gasteiger partial charge in [-0.3, -0.25) is 4.79 Å². The zero-order valence-electron chi connectivity index (χ0n) is 13.4. The van der Waals surface area contributed by atoms with Crippen LogP contribution in [0.25, 0.3) is 0 Å². The number of aliphatic hydroxyl groups excluding tert-OH is 1. The SMILES string of the molecule is CN1CCC(N(CCO)C(=O)C2(CN)CCCCC2)CC1. The number of hydrogen-bond donors (Lipinski definition) is 2. The Labute approximate surface area is 128 Å². The predicted octanol–water partition coefficient (Wildman–Crippen LogP) is 0.811. The van der Waals surface area contributed by atoms with Crippen molar-refractivity contribution in [1.82, 2.24) is 9.80 Å². The van der Waals surface area contributed by atoms with Gasteiger partial charge in [-0.2, -0.15) is 0 Å². The monoisotopic (exact) mass is 297 g/mol. The molecule has 5 nitrogen and oxygen atoms in total. The van der Waals surface area contributed by atoms with Crippen LogP contribution >= 0.6 is 0 Å². The van der Waals surface area contributed by atoms with Crippen molar-refractivity contribution in [1.29, 1.82) is 0 Å². The number of hydrogen-bond acceptors (Lipinski definition) is 4. The fourth-order valence-corrected chi connectivity index (χ4v) is 3.90. The molecule has 0 unspecified atom stereocenters. The average molecular weight is 297 g/mol. The van der Waals surface area contributed by atoms with Crippen LogP contribution < -0.4 is 5.73 Å². The second-order valence-electron chi connectivity index (χ2n) is 6.80. The fourth-order valence-electron chi connectivity index (χ4n) is 3.90. The Morgan fingerprint density at radius 2 is 1.90 bits per heavy atom. The molecule has 122 valence electrons. The van der Waals surface area contributed by atoms with Crippen LogP contribution in [0.1, 0.15) is 44.9 Å². The van der Waals surface area contributed by atoms with Gasteiger partial charge < -0.3 is 20.6 Å². The maximum atomic E-state index is 13.1. The van der Waals surface area contributed by atoms with Crippen molar-refractivity contribution in [3.05, 3.63) is 0 Å². The molecule has 1 heterocycles. The molecule has 1 aliphatic heterocycles. The van der Waals surface area contributed by atoms with E-state index in [1.807, 2.05) is 4.90 Å². The van der Waals surface area contributed by atoms with Crippen molar-refractivity contribution in [2.45, 2.75) is 51.0 Å². The third-order valence-corrected chi connectivity index (χ3v) is 5.39. The molecule has 0 aromatic rings. The lowest BCUT2D eigenvalue weighted by molar-refractivity contribution is -0.147. The quantitative estimate of drug-likeness (QED) is 0.788. The molecule has 2 fully saturated rings. The Morgan fingerprint density at radius 3 is 2.43 bits per heavy atom. The van der Waals surface area contributed by atoms with E-state index in [-0.39, 0.29) is 24.0 Å². The molecule has 0 aromatic carbocycles. The molecule has 0 aromatic heterocycles. The van der Waals surface area contributed by atoms with Crippen LogP contribution in [-0.4, -0.2) is 66.7 Å². The molecule has 1 aliphatic carbocycles. The first-order valence-corrected chi connectivity index (χ1v) is 8.43.